The van der Waals surface area contributed by atoms with Crippen molar-refractivity contribution in [2.45, 2.75) is 52.0 Å². The Balaban J connectivity index is 1.42. The van der Waals surface area contributed by atoms with E-state index in [0.29, 0.717) is 0 Å². The fourth-order valence-corrected chi connectivity index (χ4v) is 7.96. The average Bonchev–Trinajstić information content (AvgIpc) is 3.25. The van der Waals surface area contributed by atoms with Crippen molar-refractivity contribution in [2.24, 2.45) is 5.41 Å². The van der Waals surface area contributed by atoms with Crippen LogP contribution in [0.25, 0.3) is 27.8 Å². The predicted molar refractivity (Wildman–Crippen MR) is 166 cm³/mol. The molecule has 2 nitrogen and oxygen atoms in total. The molecule has 3 aromatic carbocycles. The quantitative estimate of drug-likeness (QED) is 0.109. The fourth-order valence-electron chi connectivity index (χ4n) is 6.17. The third-order valence-electron chi connectivity index (χ3n) is 7.74. The van der Waals surface area contributed by atoms with Gasteiger partial charge in [0, 0.05) is 30.1 Å². The van der Waals surface area contributed by atoms with Crippen molar-refractivity contribution in [1.29, 1.82) is 0 Å². The second-order valence-electron chi connectivity index (χ2n) is 11.2. The van der Waals surface area contributed by atoms with Crippen LogP contribution >= 0.6 is 11.6 Å². The monoisotopic (exact) mass is 538 g/mol. The topological polar surface area (TPSA) is 7.12 Å². The average molecular weight is 539 g/mol. The molecule has 0 atom stereocenters. The Morgan fingerprint density at radius 2 is 1.71 bits per heavy atom. The molecule has 4 heteroatoms. The number of rotatable bonds is 4. The van der Waals surface area contributed by atoms with E-state index < -0.39 is 0 Å². The molecule has 2 heterocycles. The lowest BCUT2D eigenvalue weighted by Crippen LogP contribution is -2.34. The van der Waals surface area contributed by atoms with Gasteiger partial charge in [-0.2, -0.15) is 4.57 Å². The maximum Gasteiger partial charge on any atom is 0.275 e. The van der Waals surface area contributed by atoms with E-state index in [1.54, 1.807) is 0 Å². The Bertz CT molecular complexity index is 1660. The van der Waals surface area contributed by atoms with E-state index in [1.807, 2.05) is 0 Å². The lowest BCUT2D eigenvalue weighted by Gasteiger charge is -2.30. The molecule has 38 heavy (non-hydrogen) atoms. The number of hydrogen-bond acceptors (Lipinski definition) is 1. The first-order chi connectivity index (χ1) is 18.4. The third-order valence-corrected chi connectivity index (χ3v) is 9.34. The van der Waals surface area contributed by atoms with Crippen LogP contribution in [0.5, 0.6) is 0 Å². The highest BCUT2D eigenvalue weighted by Crippen LogP contribution is 2.44. The molecule has 192 valence electrons. The molecular weight excluding hydrogens is 504 g/mol. The molecule has 0 unspecified atom stereocenters. The Labute approximate surface area is 235 Å². The van der Waals surface area contributed by atoms with E-state index in [1.165, 1.54) is 65.8 Å². The van der Waals surface area contributed by atoms with E-state index in [9.17, 15) is 0 Å². The van der Waals surface area contributed by atoms with Crippen molar-refractivity contribution in [1.82, 2.24) is 0 Å². The minimum atomic E-state index is 0.191. The molecule has 1 aliphatic heterocycles. The fraction of sp³-hybridized carbons (Fsp3) is 0.265. The largest absolute Gasteiger partial charge is 0.298 e. The van der Waals surface area contributed by atoms with Gasteiger partial charge in [-0.25, -0.2) is 0 Å². The van der Waals surface area contributed by atoms with Crippen molar-refractivity contribution < 1.29 is 4.57 Å². The van der Waals surface area contributed by atoms with E-state index >= 15 is 0 Å². The first-order valence-corrected chi connectivity index (χ1v) is 14.9. The zero-order valence-corrected chi connectivity index (χ0v) is 24.3. The molecule has 4 aromatic rings. The van der Waals surface area contributed by atoms with Crippen LogP contribution in [0, 0.1) is 5.41 Å². The van der Waals surface area contributed by atoms with Crippen LogP contribution in [-0.4, -0.2) is 6.54 Å². The van der Waals surface area contributed by atoms with Crippen molar-refractivity contribution >= 4 is 56.8 Å². The molecule has 0 saturated carbocycles. The maximum atomic E-state index is 6.74. The summed E-state index contributed by atoms with van der Waals surface area (Å²) in [7, 11) is 0. The van der Waals surface area contributed by atoms with Gasteiger partial charge in [-0.3, -0.25) is 4.90 Å². The van der Waals surface area contributed by atoms with E-state index in [2.05, 4.69) is 122 Å². The second kappa shape index (κ2) is 9.94. The Morgan fingerprint density at radius 3 is 2.50 bits per heavy atom. The highest BCUT2D eigenvalue weighted by molar-refractivity contribution is 7.83. The highest BCUT2D eigenvalue weighted by Gasteiger charge is 2.35. The van der Waals surface area contributed by atoms with Crippen LogP contribution in [0.4, 0.5) is 5.69 Å². The molecule has 0 bridgehead atoms. The number of allylic oxidation sites excluding steroid dienone is 4. The minimum absolute atomic E-state index is 0.191. The van der Waals surface area contributed by atoms with Gasteiger partial charge in [0.05, 0.1) is 17.1 Å². The van der Waals surface area contributed by atoms with Gasteiger partial charge in [-0.15, -0.1) is 0 Å². The number of benzene rings is 3. The molecule has 0 saturated heterocycles. The molecule has 1 aliphatic carbocycles. The number of aryl methyl sites for hydroxylation is 1. The summed E-state index contributed by atoms with van der Waals surface area (Å²) in [5, 5.41) is 6.09. The molecule has 0 radical (unpaired) electrons. The summed E-state index contributed by atoms with van der Waals surface area (Å²) in [5.41, 5.74) is 6.69. The van der Waals surface area contributed by atoms with E-state index in [-0.39, 0.29) is 5.41 Å². The van der Waals surface area contributed by atoms with Gasteiger partial charge in [-0.1, -0.05) is 62.4 Å². The van der Waals surface area contributed by atoms with Crippen LogP contribution in [0.2, 0.25) is 5.15 Å². The summed E-state index contributed by atoms with van der Waals surface area (Å²) in [6, 6.07) is 24.0. The van der Waals surface area contributed by atoms with Crippen LogP contribution < -0.4 is 9.47 Å². The maximum absolute atomic E-state index is 6.74. The molecule has 0 N–H and O–H groups in total. The second-order valence-corrected chi connectivity index (χ2v) is 12.7. The van der Waals surface area contributed by atoms with Crippen molar-refractivity contribution in [2.75, 3.05) is 11.4 Å². The minimum Gasteiger partial charge on any atom is -0.298 e. The molecule has 6 rings (SSSR count). The molecule has 0 amide bonds. The third kappa shape index (κ3) is 4.57. The smallest absolute Gasteiger partial charge is 0.275 e. The van der Waals surface area contributed by atoms with Crippen molar-refractivity contribution in [3.8, 4) is 0 Å². The summed E-state index contributed by atoms with van der Waals surface area (Å²) in [4.78, 5) is 3.92. The molecule has 0 fully saturated rings. The summed E-state index contributed by atoms with van der Waals surface area (Å²) < 4.78 is 2.18. The number of nitrogens with zero attached hydrogens (tertiary/aromatic N) is 2. The SMILES string of the molecule is CCN1/C(=C/C2=CC(=C/c3cc(Cl)[n+](CC)c4ccccc34)/CC(C)(C)C2)[SH+]c2c1ccc1ccccc21. The van der Waals surface area contributed by atoms with Crippen molar-refractivity contribution in [3.05, 3.63) is 106 Å². The number of pyridine rings is 1. The summed E-state index contributed by atoms with van der Waals surface area (Å²) >= 11 is 8.04. The van der Waals surface area contributed by atoms with Gasteiger partial charge in [0.25, 0.3) is 5.15 Å². The Hall–Kier alpha value is -3.01. The van der Waals surface area contributed by atoms with E-state index in [4.69, 9.17) is 11.6 Å². The number of aromatic nitrogens is 1. The lowest BCUT2D eigenvalue weighted by atomic mass is 9.75. The van der Waals surface area contributed by atoms with E-state index in [0.717, 1.165) is 31.1 Å². The van der Waals surface area contributed by atoms with Crippen molar-refractivity contribution in [3.63, 3.8) is 0 Å². The Kier molecular flexibility index (Phi) is 6.62. The van der Waals surface area contributed by atoms with Crippen LogP contribution in [0.15, 0.2) is 100.0 Å². The normalized spacial score (nSPS) is 19.0. The number of halogens is 1. The molecular formula is C34H35ClN2S+2. The summed E-state index contributed by atoms with van der Waals surface area (Å²) in [6.07, 6.45) is 9.36. The van der Waals surface area contributed by atoms with Gasteiger partial charge in [-0.05, 0) is 84.0 Å². The zero-order valence-electron chi connectivity index (χ0n) is 22.6. The molecule has 1 aromatic heterocycles. The highest BCUT2D eigenvalue weighted by atomic mass is 35.5. The number of thiol groups is 1. The standard InChI is InChI=1S/C34H34ClN2S/c1-5-36-29-14-10-9-12-27(29)26(20-31(36)35)18-23-17-24(22-34(3,4)21-23)19-32-37(6-2)30-16-15-25-11-7-8-13-28(25)33(30)38-32/h7-20H,5-6,21-22H2,1-4H3/q+1/p+1. The first kappa shape index (κ1) is 25.3. The summed E-state index contributed by atoms with van der Waals surface area (Å²) in [6.45, 7) is 11.0. The van der Waals surface area contributed by atoms with Gasteiger partial charge < -0.3 is 0 Å². The number of para-hydroxylation sites is 1. The zero-order chi connectivity index (χ0) is 26.4. The number of fused-ring (bicyclic) bond motifs is 4. The first-order valence-electron chi connectivity index (χ1n) is 13.6. The molecule has 2 aliphatic rings. The van der Waals surface area contributed by atoms with Gasteiger partial charge in [0.2, 0.25) is 10.5 Å². The van der Waals surface area contributed by atoms with Crippen LogP contribution in [-0.2, 0) is 18.3 Å². The summed E-state index contributed by atoms with van der Waals surface area (Å²) in [5.74, 6) is 0. The van der Waals surface area contributed by atoms with Gasteiger partial charge in [0.15, 0.2) is 4.90 Å². The molecule has 0 spiro atoms. The number of anilines is 1. The van der Waals surface area contributed by atoms with Gasteiger partial charge in [0.1, 0.15) is 12.2 Å². The van der Waals surface area contributed by atoms with Crippen LogP contribution in [0.1, 0.15) is 46.1 Å². The number of hydrogen-bond donors (Lipinski definition) is 0. The lowest BCUT2D eigenvalue weighted by molar-refractivity contribution is -0.665. The predicted octanol–water partition coefficient (Wildman–Crippen LogP) is 8.64. The van der Waals surface area contributed by atoms with Gasteiger partial charge >= 0.3 is 0 Å². The Morgan fingerprint density at radius 1 is 0.947 bits per heavy atom. The van der Waals surface area contributed by atoms with Crippen LogP contribution in [0.3, 0.4) is 0 Å².